The number of thiophene rings is 1. The van der Waals surface area contributed by atoms with Crippen LogP contribution in [0, 0.1) is 13.8 Å². The molecule has 0 aliphatic rings. The zero-order valence-electron chi connectivity index (χ0n) is 13.2. The van der Waals surface area contributed by atoms with Crippen LogP contribution in [-0.4, -0.2) is 20.5 Å². The Bertz CT molecular complexity index is 908. The summed E-state index contributed by atoms with van der Waals surface area (Å²) < 4.78 is 1.65. The number of aromatic nitrogens is 3. The SMILES string of the molecule is Cc1nc2cc(=O)[nH]n2c(C)c1CNC(=O)C(C)c1cccs1. The highest BCUT2D eigenvalue weighted by Crippen LogP contribution is 2.21. The number of hydrogen-bond acceptors (Lipinski definition) is 4. The van der Waals surface area contributed by atoms with Gasteiger partial charge in [-0.2, -0.15) is 0 Å². The molecular formula is C16H18N4O2S. The van der Waals surface area contributed by atoms with Crippen LogP contribution < -0.4 is 10.9 Å². The predicted molar refractivity (Wildman–Crippen MR) is 89.9 cm³/mol. The molecule has 0 aliphatic heterocycles. The number of nitrogens with zero attached hydrogens (tertiary/aromatic N) is 2. The first-order chi connectivity index (χ1) is 11.0. The average Bonchev–Trinajstić information content (AvgIpc) is 3.15. The van der Waals surface area contributed by atoms with Crippen molar-refractivity contribution in [2.75, 3.05) is 0 Å². The van der Waals surface area contributed by atoms with Gasteiger partial charge in [0.1, 0.15) is 0 Å². The number of rotatable bonds is 4. The minimum absolute atomic E-state index is 0.0210. The van der Waals surface area contributed by atoms with Crippen molar-refractivity contribution in [2.24, 2.45) is 0 Å². The third-order valence-corrected chi connectivity index (χ3v) is 5.06. The average molecular weight is 330 g/mol. The molecule has 0 fully saturated rings. The molecule has 0 saturated heterocycles. The van der Waals surface area contributed by atoms with Crippen molar-refractivity contribution >= 4 is 22.9 Å². The second-order valence-corrected chi connectivity index (χ2v) is 6.51. The lowest BCUT2D eigenvalue weighted by molar-refractivity contribution is -0.122. The maximum absolute atomic E-state index is 12.3. The van der Waals surface area contributed by atoms with Crippen molar-refractivity contribution in [1.82, 2.24) is 19.9 Å². The van der Waals surface area contributed by atoms with Crippen molar-refractivity contribution < 1.29 is 4.79 Å². The van der Waals surface area contributed by atoms with Crippen LogP contribution in [0.4, 0.5) is 0 Å². The van der Waals surface area contributed by atoms with Crippen LogP contribution in [-0.2, 0) is 11.3 Å². The zero-order chi connectivity index (χ0) is 16.6. The Morgan fingerprint density at radius 2 is 2.26 bits per heavy atom. The van der Waals surface area contributed by atoms with E-state index in [1.165, 1.54) is 6.07 Å². The Morgan fingerprint density at radius 1 is 1.48 bits per heavy atom. The molecule has 7 heteroatoms. The number of aromatic amines is 1. The molecule has 0 aromatic carbocycles. The first-order valence-corrected chi connectivity index (χ1v) is 8.24. The third-order valence-electron chi connectivity index (χ3n) is 4.01. The van der Waals surface area contributed by atoms with Crippen LogP contribution in [0.3, 0.4) is 0 Å². The van der Waals surface area contributed by atoms with E-state index < -0.39 is 0 Å². The van der Waals surface area contributed by atoms with Crippen molar-refractivity contribution in [1.29, 1.82) is 0 Å². The van der Waals surface area contributed by atoms with Crippen LogP contribution >= 0.6 is 11.3 Å². The molecule has 23 heavy (non-hydrogen) atoms. The Morgan fingerprint density at radius 3 is 2.96 bits per heavy atom. The van der Waals surface area contributed by atoms with E-state index in [2.05, 4.69) is 15.4 Å². The van der Waals surface area contributed by atoms with Gasteiger partial charge in [-0.1, -0.05) is 6.07 Å². The van der Waals surface area contributed by atoms with Gasteiger partial charge in [-0.15, -0.1) is 11.3 Å². The summed E-state index contributed by atoms with van der Waals surface area (Å²) >= 11 is 1.57. The highest BCUT2D eigenvalue weighted by atomic mass is 32.1. The molecule has 6 nitrogen and oxygen atoms in total. The molecule has 0 saturated carbocycles. The fraction of sp³-hybridized carbons (Fsp3) is 0.312. The van der Waals surface area contributed by atoms with Crippen LogP contribution in [0.15, 0.2) is 28.4 Å². The lowest BCUT2D eigenvalue weighted by Gasteiger charge is -2.14. The number of carbonyl (C=O) groups excluding carboxylic acids is 1. The Labute approximate surface area is 137 Å². The smallest absolute Gasteiger partial charge is 0.266 e. The number of carbonyl (C=O) groups is 1. The largest absolute Gasteiger partial charge is 0.351 e. The molecule has 0 aliphatic carbocycles. The second-order valence-electron chi connectivity index (χ2n) is 5.53. The van der Waals surface area contributed by atoms with Gasteiger partial charge in [0, 0.05) is 34.4 Å². The highest BCUT2D eigenvalue weighted by molar-refractivity contribution is 7.10. The molecule has 1 amide bonds. The van der Waals surface area contributed by atoms with Gasteiger partial charge >= 0.3 is 0 Å². The van der Waals surface area contributed by atoms with Crippen LogP contribution in [0.2, 0.25) is 0 Å². The number of amides is 1. The van der Waals surface area contributed by atoms with Gasteiger partial charge in [-0.3, -0.25) is 14.7 Å². The Balaban J connectivity index is 1.81. The number of nitrogens with one attached hydrogen (secondary N) is 2. The lowest BCUT2D eigenvalue weighted by Crippen LogP contribution is -2.28. The number of H-pyrrole nitrogens is 1. The van der Waals surface area contributed by atoms with E-state index in [1.54, 1.807) is 15.9 Å². The summed E-state index contributed by atoms with van der Waals surface area (Å²) in [6.07, 6.45) is 0. The summed E-state index contributed by atoms with van der Waals surface area (Å²) in [5.41, 5.74) is 3.00. The van der Waals surface area contributed by atoms with Crippen molar-refractivity contribution in [2.45, 2.75) is 33.2 Å². The van der Waals surface area contributed by atoms with E-state index >= 15 is 0 Å². The molecule has 3 aromatic heterocycles. The quantitative estimate of drug-likeness (QED) is 0.769. The molecule has 3 rings (SSSR count). The molecule has 0 spiro atoms. The summed E-state index contributed by atoms with van der Waals surface area (Å²) in [7, 11) is 0. The second kappa shape index (κ2) is 6.00. The lowest BCUT2D eigenvalue weighted by atomic mass is 10.1. The van der Waals surface area contributed by atoms with Crippen LogP contribution in [0.1, 0.15) is 34.7 Å². The molecular weight excluding hydrogens is 312 g/mol. The van der Waals surface area contributed by atoms with Crippen LogP contribution in [0.25, 0.3) is 5.65 Å². The molecule has 0 bridgehead atoms. The molecule has 120 valence electrons. The minimum atomic E-state index is -0.187. The number of hydrogen-bond donors (Lipinski definition) is 2. The van der Waals surface area contributed by atoms with Gasteiger partial charge in [0.05, 0.1) is 5.92 Å². The summed E-state index contributed by atoms with van der Waals surface area (Å²) in [6.45, 7) is 6.07. The summed E-state index contributed by atoms with van der Waals surface area (Å²) in [5.74, 6) is -0.203. The first-order valence-electron chi connectivity index (χ1n) is 7.36. The molecule has 0 radical (unpaired) electrons. The zero-order valence-corrected chi connectivity index (χ0v) is 14.0. The normalized spacial score (nSPS) is 12.5. The van der Waals surface area contributed by atoms with E-state index in [1.807, 2.05) is 38.3 Å². The topological polar surface area (TPSA) is 79.3 Å². The van der Waals surface area contributed by atoms with E-state index in [0.29, 0.717) is 12.2 Å². The van der Waals surface area contributed by atoms with Crippen molar-refractivity contribution in [3.8, 4) is 0 Å². The summed E-state index contributed by atoms with van der Waals surface area (Å²) in [6, 6.07) is 5.36. The third kappa shape index (κ3) is 2.92. The minimum Gasteiger partial charge on any atom is -0.351 e. The van der Waals surface area contributed by atoms with Crippen molar-refractivity contribution in [3.05, 3.63) is 55.8 Å². The Kier molecular flexibility index (Phi) is 4.04. The Hall–Kier alpha value is -2.41. The fourth-order valence-corrected chi connectivity index (χ4v) is 3.39. The summed E-state index contributed by atoms with van der Waals surface area (Å²) in [4.78, 5) is 29.2. The van der Waals surface area contributed by atoms with E-state index in [-0.39, 0.29) is 17.4 Å². The standard InChI is InChI=1S/C16H18N4O2S/c1-9(13-5-4-6-23-13)16(22)17-8-12-10(2)18-14-7-15(21)19-20(14)11(12)3/h4-7,9H,8H2,1-3H3,(H,17,22)(H,19,21). The summed E-state index contributed by atoms with van der Waals surface area (Å²) in [5, 5.41) is 7.64. The fourth-order valence-electron chi connectivity index (χ4n) is 2.61. The van der Waals surface area contributed by atoms with Gasteiger partial charge in [0.25, 0.3) is 5.56 Å². The van der Waals surface area contributed by atoms with Crippen LogP contribution in [0.5, 0.6) is 0 Å². The number of aryl methyl sites for hydroxylation is 2. The first kappa shape index (κ1) is 15.5. The highest BCUT2D eigenvalue weighted by Gasteiger charge is 2.17. The van der Waals surface area contributed by atoms with E-state index in [9.17, 15) is 9.59 Å². The maximum atomic E-state index is 12.3. The van der Waals surface area contributed by atoms with Crippen molar-refractivity contribution in [3.63, 3.8) is 0 Å². The molecule has 2 N–H and O–H groups in total. The molecule has 1 unspecified atom stereocenters. The van der Waals surface area contributed by atoms with Gasteiger partial charge in [-0.25, -0.2) is 9.50 Å². The van der Waals surface area contributed by atoms with Gasteiger partial charge in [0.15, 0.2) is 5.65 Å². The van der Waals surface area contributed by atoms with Gasteiger partial charge in [-0.05, 0) is 32.2 Å². The van der Waals surface area contributed by atoms with E-state index in [0.717, 1.165) is 21.8 Å². The van der Waals surface area contributed by atoms with Gasteiger partial charge < -0.3 is 5.32 Å². The number of fused-ring (bicyclic) bond motifs is 1. The molecule has 1 atom stereocenters. The maximum Gasteiger partial charge on any atom is 0.266 e. The molecule has 3 heterocycles. The van der Waals surface area contributed by atoms with Gasteiger partial charge in [0.2, 0.25) is 5.91 Å². The monoisotopic (exact) mass is 330 g/mol. The molecule has 3 aromatic rings. The van der Waals surface area contributed by atoms with E-state index in [4.69, 9.17) is 0 Å². The predicted octanol–water partition coefficient (Wildman–Crippen LogP) is 2.12.